The van der Waals surface area contributed by atoms with E-state index in [4.69, 9.17) is 21.1 Å². The minimum Gasteiger partial charge on any atom is -0.496 e. The maximum absolute atomic E-state index is 12.4. The maximum atomic E-state index is 12.4. The van der Waals surface area contributed by atoms with Crippen LogP contribution < -0.4 is 15.0 Å². The lowest BCUT2D eigenvalue weighted by atomic mass is 10.1. The summed E-state index contributed by atoms with van der Waals surface area (Å²) in [4.78, 5) is 19.9. The minimum atomic E-state index is -0.170. The normalized spacial score (nSPS) is 10.9. The van der Waals surface area contributed by atoms with E-state index in [0.29, 0.717) is 34.1 Å². The van der Waals surface area contributed by atoms with Crippen LogP contribution in [0, 0.1) is 6.92 Å². The molecule has 0 fully saturated rings. The molecule has 5 nitrogen and oxygen atoms in total. The van der Waals surface area contributed by atoms with Crippen molar-refractivity contribution >= 4 is 22.5 Å². The molecule has 0 radical (unpaired) electrons. The zero-order chi connectivity index (χ0) is 20.4. The number of nitrogens with one attached hydrogen (secondary N) is 1. The van der Waals surface area contributed by atoms with Gasteiger partial charge in [0.1, 0.15) is 23.9 Å². The zero-order valence-electron chi connectivity index (χ0n) is 16.0. The molecule has 6 heteroatoms. The molecule has 0 saturated carbocycles. The predicted molar refractivity (Wildman–Crippen MR) is 115 cm³/mol. The molecular weight excluding hydrogens is 388 g/mol. The summed E-state index contributed by atoms with van der Waals surface area (Å²) in [5.41, 5.74) is 3.05. The van der Waals surface area contributed by atoms with E-state index in [1.165, 1.54) is 0 Å². The molecule has 3 aromatic carbocycles. The molecule has 0 aliphatic rings. The Morgan fingerprint density at radius 1 is 1.03 bits per heavy atom. The Labute approximate surface area is 172 Å². The molecule has 0 spiro atoms. The van der Waals surface area contributed by atoms with E-state index < -0.39 is 0 Å². The van der Waals surface area contributed by atoms with Crippen LogP contribution in [0.4, 0.5) is 0 Å². The molecule has 0 unspecified atom stereocenters. The van der Waals surface area contributed by atoms with Crippen molar-refractivity contribution in [2.24, 2.45) is 0 Å². The average molecular weight is 407 g/mol. The van der Waals surface area contributed by atoms with E-state index in [1.54, 1.807) is 19.2 Å². The van der Waals surface area contributed by atoms with Crippen molar-refractivity contribution in [2.75, 3.05) is 7.11 Å². The molecule has 1 heterocycles. The van der Waals surface area contributed by atoms with Crippen molar-refractivity contribution in [2.45, 2.75) is 13.5 Å². The highest BCUT2D eigenvalue weighted by Crippen LogP contribution is 2.28. The highest BCUT2D eigenvalue weighted by Gasteiger charge is 2.11. The number of hydrogen-bond donors (Lipinski definition) is 1. The molecule has 4 aromatic rings. The first-order valence-corrected chi connectivity index (χ1v) is 9.48. The highest BCUT2D eigenvalue weighted by molar-refractivity contribution is 6.30. The number of methoxy groups -OCH3 is 1. The lowest BCUT2D eigenvalue weighted by molar-refractivity contribution is 0.295. The number of ether oxygens (including phenoxy) is 2. The van der Waals surface area contributed by atoms with E-state index in [1.807, 2.05) is 55.5 Å². The summed E-state index contributed by atoms with van der Waals surface area (Å²) in [6.45, 7) is 2.25. The van der Waals surface area contributed by atoms with Crippen LogP contribution >= 0.6 is 11.6 Å². The first-order chi connectivity index (χ1) is 14.0. The summed E-state index contributed by atoms with van der Waals surface area (Å²) in [5.74, 6) is 1.95. The smallest absolute Gasteiger partial charge is 0.259 e. The molecule has 0 saturated heterocycles. The number of rotatable bonds is 5. The third-order valence-corrected chi connectivity index (χ3v) is 4.92. The van der Waals surface area contributed by atoms with Gasteiger partial charge in [0.25, 0.3) is 5.56 Å². The standard InChI is InChI=1S/C23H19ClN2O3/c1-14-11-17(24)8-10-20(14)29-13-16-12-15(7-9-21(16)28-2)22-25-19-6-4-3-5-18(19)23(27)26-22/h3-12H,13H2,1-2H3,(H,25,26,27). The van der Waals surface area contributed by atoms with Gasteiger partial charge in [-0.3, -0.25) is 4.79 Å². The summed E-state index contributed by atoms with van der Waals surface area (Å²) < 4.78 is 11.4. The molecule has 1 N–H and O–H groups in total. The Hall–Kier alpha value is -3.31. The first-order valence-electron chi connectivity index (χ1n) is 9.10. The highest BCUT2D eigenvalue weighted by atomic mass is 35.5. The molecule has 4 rings (SSSR count). The molecule has 0 aliphatic heterocycles. The minimum absolute atomic E-state index is 0.170. The Bertz CT molecular complexity index is 1250. The second-order valence-electron chi connectivity index (χ2n) is 6.66. The third-order valence-electron chi connectivity index (χ3n) is 4.69. The average Bonchev–Trinajstić information content (AvgIpc) is 2.73. The SMILES string of the molecule is COc1ccc(-c2nc3ccccc3c(=O)[nH]2)cc1COc1ccc(Cl)cc1C. The molecule has 0 atom stereocenters. The fourth-order valence-corrected chi connectivity index (χ4v) is 3.42. The van der Waals surface area contributed by atoms with E-state index in [2.05, 4.69) is 9.97 Å². The number of halogens is 1. The van der Waals surface area contributed by atoms with Crippen molar-refractivity contribution in [1.29, 1.82) is 0 Å². The van der Waals surface area contributed by atoms with Crippen molar-refractivity contribution in [1.82, 2.24) is 9.97 Å². The number of para-hydroxylation sites is 1. The number of nitrogens with zero attached hydrogens (tertiary/aromatic N) is 1. The van der Waals surface area contributed by atoms with Crippen LogP contribution in [-0.4, -0.2) is 17.1 Å². The quantitative estimate of drug-likeness (QED) is 0.498. The summed E-state index contributed by atoms with van der Waals surface area (Å²) in [6.07, 6.45) is 0. The number of fused-ring (bicyclic) bond motifs is 1. The van der Waals surface area contributed by atoms with Gasteiger partial charge in [-0.1, -0.05) is 23.7 Å². The second kappa shape index (κ2) is 7.97. The first kappa shape index (κ1) is 19.0. The van der Waals surface area contributed by atoms with Crippen LogP contribution in [0.1, 0.15) is 11.1 Å². The van der Waals surface area contributed by atoms with Crippen LogP contribution in [0.5, 0.6) is 11.5 Å². The van der Waals surface area contributed by atoms with Crippen molar-refractivity contribution < 1.29 is 9.47 Å². The van der Waals surface area contributed by atoms with Crippen LogP contribution in [0.25, 0.3) is 22.3 Å². The lowest BCUT2D eigenvalue weighted by Gasteiger charge is -2.13. The van der Waals surface area contributed by atoms with Gasteiger partial charge < -0.3 is 14.5 Å². The van der Waals surface area contributed by atoms with Gasteiger partial charge in [-0.2, -0.15) is 0 Å². The van der Waals surface area contributed by atoms with Crippen LogP contribution in [0.15, 0.2) is 65.5 Å². The Balaban J connectivity index is 1.69. The Morgan fingerprint density at radius 2 is 1.83 bits per heavy atom. The molecule has 146 valence electrons. The molecule has 0 bridgehead atoms. The third kappa shape index (κ3) is 3.96. The van der Waals surface area contributed by atoms with Gasteiger partial charge in [0.05, 0.1) is 18.0 Å². The summed E-state index contributed by atoms with van der Waals surface area (Å²) >= 11 is 6.01. The summed E-state index contributed by atoms with van der Waals surface area (Å²) in [5, 5.41) is 1.23. The van der Waals surface area contributed by atoms with Crippen molar-refractivity contribution in [3.8, 4) is 22.9 Å². The van der Waals surface area contributed by atoms with Crippen LogP contribution in [0.3, 0.4) is 0 Å². The van der Waals surface area contributed by atoms with E-state index >= 15 is 0 Å². The molecule has 0 aliphatic carbocycles. The van der Waals surface area contributed by atoms with Crippen molar-refractivity contribution in [3.05, 3.63) is 87.2 Å². The van der Waals surface area contributed by atoms with E-state index in [0.717, 1.165) is 22.4 Å². The number of aromatic nitrogens is 2. The number of H-pyrrole nitrogens is 1. The predicted octanol–water partition coefficient (Wildman–Crippen LogP) is 5.14. The Morgan fingerprint density at radius 3 is 2.62 bits per heavy atom. The second-order valence-corrected chi connectivity index (χ2v) is 7.09. The lowest BCUT2D eigenvalue weighted by Crippen LogP contribution is -2.09. The number of aromatic amines is 1. The summed E-state index contributed by atoms with van der Waals surface area (Å²) in [6, 6.07) is 18.4. The number of hydrogen-bond acceptors (Lipinski definition) is 4. The van der Waals surface area contributed by atoms with Gasteiger partial charge in [0.2, 0.25) is 0 Å². The number of aryl methyl sites for hydroxylation is 1. The fourth-order valence-electron chi connectivity index (χ4n) is 3.19. The summed E-state index contributed by atoms with van der Waals surface area (Å²) in [7, 11) is 1.61. The van der Waals surface area contributed by atoms with Gasteiger partial charge in [0.15, 0.2) is 0 Å². The Kier molecular flexibility index (Phi) is 5.23. The molecular formula is C23H19ClN2O3. The van der Waals surface area contributed by atoms with Crippen LogP contribution in [0.2, 0.25) is 5.02 Å². The topological polar surface area (TPSA) is 64.2 Å². The largest absolute Gasteiger partial charge is 0.496 e. The van der Waals surface area contributed by atoms with Gasteiger partial charge in [-0.05, 0) is 61.0 Å². The monoisotopic (exact) mass is 406 g/mol. The molecule has 0 amide bonds. The van der Waals surface area contributed by atoms with Crippen LogP contribution in [-0.2, 0) is 6.61 Å². The number of benzene rings is 3. The zero-order valence-corrected chi connectivity index (χ0v) is 16.8. The van der Waals surface area contributed by atoms with E-state index in [-0.39, 0.29) is 5.56 Å². The molecule has 1 aromatic heterocycles. The maximum Gasteiger partial charge on any atom is 0.259 e. The van der Waals surface area contributed by atoms with Gasteiger partial charge in [-0.15, -0.1) is 0 Å². The molecule has 29 heavy (non-hydrogen) atoms. The van der Waals surface area contributed by atoms with Crippen molar-refractivity contribution in [3.63, 3.8) is 0 Å². The van der Waals surface area contributed by atoms with Gasteiger partial charge in [-0.25, -0.2) is 4.98 Å². The fraction of sp³-hybridized carbons (Fsp3) is 0.130. The van der Waals surface area contributed by atoms with Gasteiger partial charge in [0, 0.05) is 16.1 Å². The van der Waals surface area contributed by atoms with Gasteiger partial charge >= 0.3 is 0 Å². The van der Waals surface area contributed by atoms with E-state index in [9.17, 15) is 4.79 Å².